The lowest BCUT2D eigenvalue weighted by Gasteiger charge is -2.15. The molecule has 0 heterocycles. The van der Waals surface area contributed by atoms with Crippen molar-refractivity contribution in [3.8, 4) is 0 Å². The molecule has 1 aromatic carbocycles. The van der Waals surface area contributed by atoms with Crippen LogP contribution in [0.5, 0.6) is 0 Å². The first kappa shape index (κ1) is 12.0. The molecule has 0 aliphatic heterocycles. The number of rotatable bonds is 2. The standard InChI is InChI=1S/C18H24/c1-12(2)7-13-5-6-14-8-15-10-18(3,4)11-16(15)9-17(13)14/h5-6,8-9,12-13H,7,10-11H2,1-4H3. The van der Waals surface area contributed by atoms with Crippen LogP contribution in [0.2, 0.25) is 0 Å². The van der Waals surface area contributed by atoms with Crippen LogP contribution in [-0.4, -0.2) is 0 Å². The Hall–Kier alpha value is -1.04. The first-order chi connectivity index (χ1) is 8.44. The molecule has 18 heavy (non-hydrogen) atoms. The van der Waals surface area contributed by atoms with Gasteiger partial charge in [-0.05, 0) is 52.8 Å². The molecule has 0 nitrogen and oxygen atoms in total. The maximum atomic E-state index is 2.51. The second-order valence-corrected chi connectivity index (χ2v) is 7.36. The molecule has 0 heteroatoms. The van der Waals surface area contributed by atoms with E-state index >= 15 is 0 Å². The van der Waals surface area contributed by atoms with E-state index in [1.807, 2.05) is 0 Å². The van der Waals surface area contributed by atoms with E-state index in [1.165, 1.54) is 24.8 Å². The zero-order chi connectivity index (χ0) is 12.9. The summed E-state index contributed by atoms with van der Waals surface area (Å²) >= 11 is 0. The van der Waals surface area contributed by atoms with Gasteiger partial charge in [-0.2, -0.15) is 0 Å². The lowest BCUT2D eigenvalue weighted by Crippen LogP contribution is -2.09. The van der Waals surface area contributed by atoms with Gasteiger partial charge in [-0.25, -0.2) is 0 Å². The summed E-state index contributed by atoms with van der Waals surface area (Å²) < 4.78 is 0. The maximum Gasteiger partial charge on any atom is 0.00297 e. The number of fused-ring (bicyclic) bond motifs is 2. The smallest absolute Gasteiger partial charge is 0.00297 e. The van der Waals surface area contributed by atoms with Crippen LogP contribution >= 0.6 is 0 Å². The van der Waals surface area contributed by atoms with Gasteiger partial charge in [0.25, 0.3) is 0 Å². The maximum absolute atomic E-state index is 2.51. The van der Waals surface area contributed by atoms with Crippen LogP contribution in [-0.2, 0) is 12.8 Å². The van der Waals surface area contributed by atoms with Crippen LogP contribution in [0.4, 0.5) is 0 Å². The summed E-state index contributed by atoms with van der Waals surface area (Å²) in [6, 6.07) is 4.96. The third-order valence-corrected chi connectivity index (χ3v) is 4.38. The van der Waals surface area contributed by atoms with Crippen LogP contribution in [0, 0.1) is 11.3 Å². The van der Waals surface area contributed by atoms with Crippen molar-refractivity contribution in [2.75, 3.05) is 0 Å². The van der Waals surface area contributed by atoms with Crippen molar-refractivity contribution in [3.05, 3.63) is 40.5 Å². The SMILES string of the molecule is CC(C)CC1C=Cc2cc3c(cc21)CC(C)(C)C3. The van der Waals surface area contributed by atoms with Crippen LogP contribution in [0.1, 0.15) is 62.3 Å². The molecule has 1 aromatic rings. The van der Waals surface area contributed by atoms with E-state index in [1.54, 1.807) is 16.7 Å². The summed E-state index contributed by atoms with van der Waals surface area (Å²) in [6.45, 7) is 9.42. The molecule has 0 saturated heterocycles. The average molecular weight is 240 g/mol. The summed E-state index contributed by atoms with van der Waals surface area (Å²) in [7, 11) is 0. The fourth-order valence-corrected chi connectivity index (χ4v) is 3.65. The minimum absolute atomic E-state index is 0.467. The molecule has 0 N–H and O–H groups in total. The molecular formula is C18H24. The number of benzene rings is 1. The Morgan fingerprint density at radius 2 is 1.83 bits per heavy atom. The van der Waals surface area contributed by atoms with Crippen LogP contribution < -0.4 is 0 Å². The van der Waals surface area contributed by atoms with Crippen molar-refractivity contribution in [1.82, 2.24) is 0 Å². The summed E-state index contributed by atoms with van der Waals surface area (Å²) in [5.41, 5.74) is 6.73. The summed E-state index contributed by atoms with van der Waals surface area (Å²) in [4.78, 5) is 0. The number of hydrogen-bond donors (Lipinski definition) is 0. The average Bonchev–Trinajstić information content (AvgIpc) is 2.73. The minimum Gasteiger partial charge on any atom is -0.0764 e. The van der Waals surface area contributed by atoms with E-state index in [4.69, 9.17) is 0 Å². The van der Waals surface area contributed by atoms with Gasteiger partial charge in [-0.3, -0.25) is 0 Å². The normalized spacial score (nSPS) is 23.5. The topological polar surface area (TPSA) is 0 Å². The lowest BCUT2D eigenvalue weighted by atomic mass is 9.89. The molecule has 3 rings (SSSR count). The molecule has 0 spiro atoms. The molecular weight excluding hydrogens is 216 g/mol. The van der Waals surface area contributed by atoms with Crippen molar-refractivity contribution >= 4 is 6.08 Å². The summed E-state index contributed by atoms with van der Waals surface area (Å²) in [5, 5.41) is 0. The molecule has 0 fully saturated rings. The van der Waals surface area contributed by atoms with Crippen molar-refractivity contribution in [1.29, 1.82) is 0 Å². The van der Waals surface area contributed by atoms with Gasteiger partial charge in [0.2, 0.25) is 0 Å². The van der Waals surface area contributed by atoms with E-state index in [2.05, 4.69) is 52.0 Å². The Morgan fingerprint density at radius 1 is 1.17 bits per heavy atom. The molecule has 2 aliphatic carbocycles. The predicted molar refractivity (Wildman–Crippen MR) is 78.9 cm³/mol. The minimum atomic E-state index is 0.467. The third kappa shape index (κ3) is 2.02. The van der Waals surface area contributed by atoms with Gasteiger partial charge in [0.1, 0.15) is 0 Å². The van der Waals surface area contributed by atoms with E-state index < -0.39 is 0 Å². The highest BCUT2D eigenvalue weighted by molar-refractivity contribution is 5.65. The van der Waals surface area contributed by atoms with Gasteiger partial charge in [-0.15, -0.1) is 0 Å². The Balaban J connectivity index is 1.95. The first-order valence-electron chi connectivity index (χ1n) is 7.28. The number of allylic oxidation sites excluding steroid dienone is 1. The van der Waals surface area contributed by atoms with Crippen molar-refractivity contribution in [2.24, 2.45) is 11.3 Å². The van der Waals surface area contributed by atoms with Crippen molar-refractivity contribution in [3.63, 3.8) is 0 Å². The second kappa shape index (κ2) is 3.98. The zero-order valence-electron chi connectivity index (χ0n) is 12.1. The number of hydrogen-bond acceptors (Lipinski definition) is 0. The van der Waals surface area contributed by atoms with Crippen molar-refractivity contribution in [2.45, 2.75) is 52.9 Å². The molecule has 0 aromatic heterocycles. The highest BCUT2D eigenvalue weighted by Gasteiger charge is 2.30. The highest BCUT2D eigenvalue weighted by atomic mass is 14.3. The second-order valence-electron chi connectivity index (χ2n) is 7.36. The fourth-order valence-electron chi connectivity index (χ4n) is 3.65. The van der Waals surface area contributed by atoms with E-state index in [0.717, 1.165) is 5.92 Å². The molecule has 0 radical (unpaired) electrons. The summed E-state index contributed by atoms with van der Waals surface area (Å²) in [5.74, 6) is 1.43. The Labute approximate surface area is 111 Å². The fraction of sp³-hybridized carbons (Fsp3) is 0.556. The van der Waals surface area contributed by atoms with E-state index in [0.29, 0.717) is 11.3 Å². The van der Waals surface area contributed by atoms with Gasteiger partial charge >= 0.3 is 0 Å². The largest absolute Gasteiger partial charge is 0.0764 e. The Bertz CT molecular complexity index is 503. The molecule has 1 unspecified atom stereocenters. The molecule has 0 amide bonds. The monoisotopic (exact) mass is 240 g/mol. The Morgan fingerprint density at radius 3 is 2.50 bits per heavy atom. The molecule has 2 aliphatic rings. The predicted octanol–water partition coefficient (Wildman–Crippen LogP) is 4.97. The molecule has 1 atom stereocenters. The van der Waals surface area contributed by atoms with Gasteiger partial charge in [0.05, 0.1) is 0 Å². The van der Waals surface area contributed by atoms with E-state index in [-0.39, 0.29) is 0 Å². The van der Waals surface area contributed by atoms with E-state index in [9.17, 15) is 0 Å². The van der Waals surface area contributed by atoms with Crippen LogP contribution in [0.3, 0.4) is 0 Å². The van der Waals surface area contributed by atoms with Gasteiger partial charge in [0, 0.05) is 5.92 Å². The van der Waals surface area contributed by atoms with Gasteiger partial charge < -0.3 is 0 Å². The third-order valence-electron chi connectivity index (χ3n) is 4.38. The first-order valence-corrected chi connectivity index (χ1v) is 7.28. The molecule has 96 valence electrons. The van der Waals surface area contributed by atoms with Gasteiger partial charge in [0.15, 0.2) is 0 Å². The lowest BCUT2D eigenvalue weighted by molar-refractivity contribution is 0.392. The zero-order valence-corrected chi connectivity index (χ0v) is 12.1. The summed E-state index contributed by atoms with van der Waals surface area (Å²) in [6.07, 6.45) is 8.53. The van der Waals surface area contributed by atoms with Crippen molar-refractivity contribution < 1.29 is 0 Å². The highest BCUT2D eigenvalue weighted by Crippen LogP contribution is 2.42. The molecule has 0 saturated carbocycles. The Kier molecular flexibility index (Phi) is 2.66. The van der Waals surface area contributed by atoms with Gasteiger partial charge in [-0.1, -0.05) is 52.0 Å². The van der Waals surface area contributed by atoms with Crippen LogP contribution in [0.25, 0.3) is 6.08 Å². The molecule has 0 bridgehead atoms. The quantitative estimate of drug-likeness (QED) is 0.685. The van der Waals surface area contributed by atoms with Crippen LogP contribution in [0.15, 0.2) is 18.2 Å².